The molecule has 6 heteroatoms. The van der Waals surface area contributed by atoms with Gasteiger partial charge in [0.2, 0.25) is 0 Å². The third kappa shape index (κ3) is 6.11. The van der Waals surface area contributed by atoms with Gasteiger partial charge >= 0.3 is 5.97 Å². The molecule has 0 fully saturated rings. The molecule has 2 aromatic carbocycles. The Morgan fingerprint density at radius 2 is 1.74 bits per heavy atom. The summed E-state index contributed by atoms with van der Waals surface area (Å²) < 4.78 is 10.8. The number of carbonyl (C=O) groups is 2. The molecule has 1 aliphatic rings. The second-order valence-electron chi connectivity index (χ2n) is 9.00. The van der Waals surface area contributed by atoms with Gasteiger partial charge < -0.3 is 9.47 Å². The van der Waals surface area contributed by atoms with Gasteiger partial charge in [0.15, 0.2) is 6.10 Å². The van der Waals surface area contributed by atoms with Crippen molar-refractivity contribution in [2.75, 3.05) is 6.61 Å². The predicted molar refractivity (Wildman–Crippen MR) is 139 cm³/mol. The highest BCUT2D eigenvalue weighted by Gasteiger charge is 2.45. The van der Waals surface area contributed by atoms with Gasteiger partial charge in [0.25, 0.3) is 5.91 Å². The summed E-state index contributed by atoms with van der Waals surface area (Å²) in [5.74, 6) is 1.28. The summed E-state index contributed by atoms with van der Waals surface area (Å²) in [5, 5.41) is 0. The van der Waals surface area contributed by atoms with Crippen LogP contribution in [0.3, 0.4) is 0 Å². The SMILES string of the molecule is CCCCC1=NC(CC)(CC)C(=O)N1Cc1ccc(-c2cccc(OC(C)C(=O)OCC)c2)cc1. The van der Waals surface area contributed by atoms with E-state index in [1.54, 1.807) is 13.8 Å². The highest BCUT2D eigenvalue weighted by Crippen LogP contribution is 2.32. The maximum Gasteiger partial charge on any atom is 0.347 e. The second-order valence-corrected chi connectivity index (χ2v) is 9.00. The summed E-state index contributed by atoms with van der Waals surface area (Å²) in [7, 11) is 0. The van der Waals surface area contributed by atoms with E-state index in [2.05, 4.69) is 31.2 Å². The van der Waals surface area contributed by atoms with Crippen molar-refractivity contribution in [3.63, 3.8) is 0 Å². The zero-order valence-electron chi connectivity index (χ0n) is 21.7. The number of carbonyl (C=O) groups excluding carboxylic acids is 2. The molecule has 0 radical (unpaired) electrons. The van der Waals surface area contributed by atoms with Gasteiger partial charge in [-0.1, -0.05) is 63.6 Å². The first-order valence-corrected chi connectivity index (χ1v) is 12.8. The molecule has 1 atom stereocenters. The summed E-state index contributed by atoms with van der Waals surface area (Å²) in [6, 6.07) is 15.9. The fourth-order valence-corrected chi connectivity index (χ4v) is 4.37. The van der Waals surface area contributed by atoms with Crippen molar-refractivity contribution in [1.82, 2.24) is 4.90 Å². The molecule has 1 heterocycles. The number of esters is 1. The molecule has 2 aromatic rings. The van der Waals surface area contributed by atoms with E-state index < -0.39 is 11.6 Å². The largest absolute Gasteiger partial charge is 0.479 e. The minimum Gasteiger partial charge on any atom is -0.479 e. The molecule has 0 bridgehead atoms. The molecule has 0 aliphatic carbocycles. The van der Waals surface area contributed by atoms with Crippen LogP contribution in [0.5, 0.6) is 5.75 Å². The first-order valence-electron chi connectivity index (χ1n) is 12.8. The first kappa shape index (κ1) is 26.5. The summed E-state index contributed by atoms with van der Waals surface area (Å²) in [6.45, 7) is 10.6. The Balaban J connectivity index is 1.74. The van der Waals surface area contributed by atoms with Crippen LogP contribution in [0.1, 0.15) is 72.3 Å². The normalized spacial score (nSPS) is 15.6. The fourth-order valence-electron chi connectivity index (χ4n) is 4.37. The van der Waals surface area contributed by atoms with Crippen molar-refractivity contribution >= 4 is 17.7 Å². The van der Waals surface area contributed by atoms with E-state index >= 15 is 0 Å². The molecule has 0 spiro atoms. The third-order valence-corrected chi connectivity index (χ3v) is 6.61. The van der Waals surface area contributed by atoms with Crippen LogP contribution < -0.4 is 4.74 Å². The summed E-state index contributed by atoms with van der Waals surface area (Å²) in [5.41, 5.74) is 2.48. The number of ether oxygens (including phenoxy) is 2. The number of hydrogen-bond donors (Lipinski definition) is 0. The summed E-state index contributed by atoms with van der Waals surface area (Å²) >= 11 is 0. The van der Waals surface area contributed by atoms with Gasteiger partial charge in [-0.3, -0.25) is 14.7 Å². The van der Waals surface area contributed by atoms with Crippen LogP contribution in [0.2, 0.25) is 0 Å². The van der Waals surface area contributed by atoms with Crippen LogP contribution in [0, 0.1) is 0 Å². The Labute approximate surface area is 209 Å². The van der Waals surface area contributed by atoms with Crippen molar-refractivity contribution in [2.45, 2.75) is 84.9 Å². The molecule has 188 valence electrons. The maximum absolute atomic E-state index is 13.3. The topological polar surface area (TPSA) is 68.2 Å². The lowest BCUT2D eigenvalue weighted by Crippen LogP contribution is -2.41. The zero-order chi connectivity index (χ0) is 25.4. The quantitative estimate of drug-likeness (QED) is 0.342. The van der Waals surface area contributed by atoms with Crippen molar-refractivity contribution in [1.29, 1.82) is 0 Å². The average molecular weight is 479 g/mol. The molecule has 1 unspecified atom stereocenters. The van der Waals surface area contributed by atoms with Gasteiger partial charge in [-0.2, -0.15) is 0 Å². The van der Waals surface area contributed by atoms with Gasteiger partial charge in [0.1, 0.15) is 17.1 Å². The Hall–Kier alpha value is -3.15. The first-order chi connectivity index (χ1) is 16.9. The number of rotatable bonds is 12. The molecule has 1 amide bonds. The average Bonchev–Trinajstić information content (AvgIpc) is 3.14. The fraction of sp³-hybridized carbons (Fsp3) is 0.483. The van der Waals surface area contributed by atoms with Gasteiger partial charge in [0.05, 0.1) is 13.2 Å². The van der Waals surface area contributed by atoms with Crippen LogP contribution in [0.15, 0.2) is 53.5 Å². The van der Waals surface area contributed by atoms with Crippen LogP contribution in [0.25, 0.3) is 11.1 Å². The number of hydrogen-bond acceptors (Lipinski definition) is 5. The number of unbranched alkanes of at least 4 members (excludes halogenated alkanes) is 1. The van der Waals surface area contributed by atoms with Crippen molar-refractivity contribution in [2.24, 2.45) is 4.99 Å². The van der Waals surface area contributed by atoms with Crippen molar-refractivity contribution in [3.8, 4) is 16.9 Å². The standard InChI is InChI=1S/C29H38N2O4/c1-6-10-14-26-30-29(7-2,8-3)28(33)31(26)20-22-15-17-23(18-16-22)24-12-11-13-25(19-24)35-21(5)27(32)34-9-4/h11-13,15-19,21H,6-10,14,20H2,1-5H3. The Bertz CT molecular complexity index is 1040. The van der Waals surface area contributed by atoms with E-state index in [9.17, 15) is 9.59 Å². The highest BCUT2D eigenvalue weighted by molar-refractivity contribution is 6.08. The molecule has 3 rings (SSSR count). The van der Waals surface area contributed by atoms with Gasteiger partial charge in [-0.15, -0.1) is 0 Å². The minimum atomic E-state index is -0.674. The monoisotopic (exact) mass is 478 g/mol. The molecule has 0 saturated heterocycles. The van der Waals surface area contributed by atoms with E-state index in [-0.39, 0.29) is 11.9 Å². The van der Waals surface area contributed by atoms with Gasteiger partial charge in [-0.05, 0) is 61.9 Å². The number of amides is 1. The lowest BCUT2D eigenvalue weighted by atomic mass is 9.93. The summed E-state index contributed by atoms with van der Waals surface area (Å²) in [6.07, 6.45) is 3.70. The van der Waals surface area contributed by atoms with Gasteiger partial charge in [0, 0.05) is 6.42 Å². The van der Waals surface area contributed by atoms with Crippen molar-refractivity contribution < 1.29 is 19.1 Å². The Kier molecular flexibility index (Phi) is 9.07. The maximum atomic E-state index is 13.3. The molecule has 0 aromatic heterocycles. The second kappa shape index (κ2) is 12.0. The Morgan fingerprint density at radius 3 is 2.37 bits per heavy atom. The number of nitrogens with zero attached hydrogens (tertiary/aromatic N) is 2. The summed E-state index contributed by atoms with van der Waals surface area (Å²) in [4.78, 5) is 32.0. The van der Waals surface area contributed by atoms with E-state index in [4.69, 9.17) is 14.5 Å². The van der Waals surface area contributed by atoms with Crippen molar-refractivity contribution in [3.05, 3.63) is 54.1 Å². The zero-order valence-corrected chi connectivity index (χ0v) is 21.7. The van der Waals surface area contributed by atoms with E-state index in [0.717, 1.165) is 54.6 Å². The molecular weight excluding hydrogens is 440 g/mol. The van der Waals surface area contributed by atoms with Gasteiger partial charge in [-0.25, -0.2) is 4.79 Å². The molecule has 6 nitrogen and oxygen atoms in total. The van der Waals surface area contributed by atoms with Crippen LogP contribution in [0.4, 0.5) is 0 Å². The van der Waals surface area contributed by atoms with E-state index in [0.29, 0.717) is 18.9 Å². The molecule has 35 heavy (non-hydrogen) atoms. The van der Waals surface area contributed by atoms with E-state index in [1.165, 1.54) is 0 Å². The van der Waals surface area contributed by atoms with Crippen LogP contribution in [-0.4, -0.2) is 40.9 Å². The van der Waals surface area contributed by atoms with Crippen LogP contribution >= 0.6 is 0 Å². The lowest BCUT2D eigenvalue weighted by molar-refractivity contribution is -0.150. The highest BCUT2D eigenvalue weighted by atomic mass is 16.6. The smallest absolute Gasteiger partial charge is 0.347 e. The molecule has 0 N–H and O–H groups in total. The molecule has 0 saturated carbocycles. The third-order valence-electron chi connectivity index (χ3n) is 6.61. The minimum absolute atomic E-state index is 0.123. The molecule has 1 aliphatic heterocycles. The van der Waals surface area contributed by atoms with E-state index in [1.807, 2.05) is 43.0 Å². The van der Waals surface area contributed by atoms with Crippen LogP contribution in [-0.2, 0) is 20.9 Å². The number of aliphatic imine (C=N–C) groups is 1. The number of benzene rings is 2. The predicted octanol–water partition coefficient (Wildman–Crippen LogP) is 6.17. The Morgan fingerprint density at radius 1 is 1.03 bits per heavy atom. The molecular formula is C29H38N2O4. The number of amidine groups is 1. The lowest BCUT2D eigenvalue weighted by Gasteiger charge is -2.24.